The first kappa shape index (κ1) is 20.2. The molecular formula is C20H24N2O5. The van der Waals surface area contributed by atoms with Crippen LogP contribution in [0.4, 0.5) is 4.79 Å². The highest BCUT2D eigenvalue weighted by atomic mass is 16.6. The number of benzene rings is 1. The average molecular weight is 372 g/mol. The Morgan fingerprint density at radius 2 is 1.89 bits per heavy atom. The molecule has 1 aromatic carbocycles. The number of methoxy groups -OCH3 is 1. The maximum Gasteiger partial charge on any atom is 0.407 e. The van der Waals surface area contributed by atoms with Gasteiger partial charge < -0.3 is 19.5 Å². The van der Waals surface area contributed by atoms with Gasteiger partial charge in [0.15, 0.2) is 0 Å². The number of aromatic nitrogens is 1. The second-order valence-corrected chi connectivity index (χ2v) is 6.93. The van der Waals surface area contributed by atoms with Gasteiger partial charge in [-0.3, -0.25) is 0 Å². The van der Waals surface area contributed by atoms with Gasteiger partial charge in [0.05, 0.1) is 12.7 Å². The molecule has 0 atom stereocenters. The van der Waals surface area contributed by atoms with Gasteiger partial charge in [-0.05, 0) is 57.5 Å². The summed E-state index contributed by atoms with van der Waals surface area (Å²) in [5, 5.41) is 2.70. The number of alkyl carbamates (subject to hydrolysis) is 1. The predicted octanol–water partition coefficient (Wildman–Crippen LogP) is 3.99. The molecule has 7 heteroatoms. The number of hydrogen-bond acceptors (Lipinski definition) is 6. The van der Waals surface area contributed by atoms with Crippen molar-refractivity contribution in [3.05, 3.63) is 53.2 Å². The Kier molecular flexibility index (Phi) is 6.39. The van der Waals surface area contributed by atoms with Gasteiger partial charge in [-0.1, -0.05) is 6.07 Å². The molecule has 0 saturated carbocycles. The Bertz CT molecular complexity index is 827. The number of ether oxygens (including phenoxy) is 3. The van der Waals surface area contributed by atoms with Crippen LogP contribution in [-0.2, 0) is 16.0 Å². The lowest BCUT2D eigenvalue weighted by molar-refractivity contribution is 0.0522. The Hall–Kier alpha value is -3.09. The van der Waals surface area contributed by atoms with Crippen LogP contribution in [0, 0.1) is 6.92 Å². The number of pyridine rings is 1. The minimum atomic E-state index is -0.558. The summed E-state index contributed by atoms with van der Waals surface area (Å²) in [4.78, 5) is 27.8. The molecule has 2 aromatic rings. The number of carbonyl (C=O) groups excluding carboxylic acids is 2. The Balaban J connectivity index is 2.09. The lowest BCUT2D eigenvalue weighted by Crippen LogP contribution is -2.32. The summed E-state index contributed by atoms with van der Waals surface area (Å²) in [6.07, 6.45) is -0.495. The average Bonchev–Trinajstić information content (AvgIpc) is 2.57. The molecule has 0 aliphatic rings. The van der Waals surface area contributed by atoms with Gasteiger partial charge in [-0.2, -0.15) is 0 Å². The summed E-state index contributed by atoms with van der Waals surface area (Å²) in [6.45, 7) is 7.51. The number of aryl methyl sites for hydroxylation is 1. The molecule has 2 rings (SSSR count). The van der Waals surface area contributed by atoms with Gasteiger partial charge in [0.2, 0.25) is 5.88 Å². The molecular weight excluding hydrogens is 348 g/mol. The highest BCUT2D eigenvalue weighted by Gasteiger charge is 2.16. The largest absolute Gasteiger partial charge is 0.465 e. The van der Waals surface area contributed by atoms with Gasteiger partial charge in [-0.25, -0.2) is 14.6 Å². The molecule has 1 aromatic heterocycles. The number of hydrogen-bond donors (Lipinski definition) is 1. The zero-order valence-electron chi connectivity index (χ0n) is 16.2. The van der Waals surface area contributed by atoms with E-state index in [0.29, 0.717) is 17.2 Å². The van der Waals surface area contributed by atoms with E-state index in [1.807, 2.05) is 13.0 Å². The van der Waals surface area contributed by atoms with Crippen molar-refractivity contribution in [2.24, 2.45) is 0 Å². The molecule has 0 fully saturated rings. The normalized spacial score (nSPS) is 10.9. The standard InChI is InChI=1S/C20H24N2O5/c1-13-9-14(12-21-19(24)27-20(2,3)4)10-17(22-13)26-16-8-6-7-15(11-16)18(23)25-5/h6-11H,12H2,1-5H3,(H,21,24). The Morgan fingerprint density at radius 1 is 1.15 bits per heavy atom. The minimum absolute atomic E-state index is 0.275. The molecule has 0 saturated heterocycles. The van der Waals surface area contributed by atoms with E-state index >= 15 is 0 Å². The fourth-order valence-electron chi connectivity index (χ4n) is 2.27. The number of carbonyl (C=O) groups is 2. The van der Waals surface area contributed by atoms with Crippen molar-refractivity contribution in [3.8, 4) is 11.6 Å². The van der Waals surface area contributed by atoms with Crippen LogP contribution in [0.3, 0.4) is 0 Å². The van der Waals surface area contributed by atoms with E-state index in [4.69, 9.17) is 14.2 Å². The maximum atomic E-state index is 11.8. The lowest BCUT2D eigenvalue weighted by Gasteiger charge is -2.19. The summed E-state index contributed by atoms with van der Waals surface area (Å²) >= 11 is 0. The summed E-state index contributed by atoms with van der Waals surface area (Å²) in [5.41, 5.74) is 1.37. The van der Waals surface area contributed by atoms with Crippen molar-refractivity contribution < 1.29 is 23.8 Å². The highest BCUT2D eigenvalue weighted by molar-refractivity contribution is 5.89. The zero-order valence-corrected chi connectivity index (χ0v) is 16.2. The van der Waals surface area contributed by atoms with Gasteiger partial charge >= 0.3 is 12.1 Å². The van der Waals surface area contributed by atoms with Crippen LogP contribution in [0.5, 0.6) is 11.6 Å². The van der Waals surface area contributed by atoms with Crippen molar-refractivity contribution >= 4 is 12.1 Å². The fraction of sp³-hybridized carbons (Fsp3) is 0.350. The Morgan fingerprint density at radius 3 is 2.56 bits per heavy atom. The van der Waals surface area contributed by atoms with Crippen molar-refractivity contribution in [1.82, 2.24) is 10.3 Å². The molecule has 0 bridgehead atoms. The molecule has 144 valence electrons. The van der Waals surface area contributed by atoms with Crippen molar-refractivity contribution in [2.45, 2.75) is 39.8 Å². The van der Waals surface area contributed by atoms with Crippen LogP contribution in [0.2, 0.25) is 0 Å². The van der Waals surface area contributed by atoms with Crippen LogP contribution in [-0.4, -0.2) is 29.8 Å². The quantitative estimate of drug-likeness (QED) is 0.799. The molecule has 7 nitrogen and oxygen atoms in total. The number of nitrogens with one attached hydrogen (secondary N) is 1. The molecule has 0 radical (unpaired) electrons. The van der Waals surface area contributed by atoms with E-state index in [1.165, 1.54) is 7.11 Å². The zero-order chi connectivity index (χ0) is 20.0. The van der Waals surface area contributed by atoms with E-state index in [0.717, 1.165) is 11.3 Å². The molecule has 1 amide bonds. The summed E-state index contributed by atoms with van der Waals surface area (Å²) < 4.78 is 15.7. The van der Waals surface area contributed by atoms with Gasteiger partial charge in [0.25, 0.3) is 0 Å². The highest BCUT2D eigenvalue weighted by Crippen LogP contribution is 2.22. The van der Waals surface area contributed by atoms with E-state index < -0.39 is 17.7 Å². The minimum Gasteiger partial charge on any atom is -0.465 e. The molecule has 1 N–H and O–H groups in total. The van der Waals surface area contributed by atoms with E-state index in [2.05, 4.69) is 10.3 Å². The fourth-order valence-corrected chi connectivity index (χ4v) is 2.27. The number of rotatable bonds is 5. The van der Waals surface area contributed by atoms with Crippen molar-refractivity contribution in [3.63, 3.8) is 0 Å². The van der Waals surface area contributed by atoms with E-state index in [1.54, 1.807) is 51.1 Å². The topological polar surface area (TPSA) is 86.8 Å². The first-order chi connectivity index (χ1) is 12.7. The number of nitrogens with zero attached hydrogens (tertiary/aromatic N) is 1. The van der Waals surface area contributed by atoms with Gasteiger partial charge in [0.1, 0.15) is 11.4 Å². The van der Waals surface area contributed by atoms with Gasteiger partial charge in [0, 0.05) is 18.3 Å². The van der Waals surface area contributed by atoms with Gasteiger partial charge in [-0.15, -0.1) is 0 Å². The second-order valence-electron chi connectivity index (χ2n) is 6.93. The van der Waals surface area contributed by atoms with Crippen LogP contribution < -0.4 is 10.1 Å². The van der Waals surface area contributed by atoms with Crippen LogP contribution in [0.25, 0.3) is 0 Å². The summed E-state index contributed by atoms with van der Waals surface area (Å²) in [6, 6.07) is 10.2. The molecule has 1 heterocycles. The first-order valence-corrected chi connectivity index (χ1v) is 8.47. The monoisotopic (exact) mass is 372 g/mol. The molecule has 0 aliphatic carbocycles. The SMILES string of the molecule is COC(=O)c1cccc(Oc2cc(CNC(=O)OC(C)(C)C)cc(C)n2)c1. The molecule has 27 heavy (non-hydrogen) atoms. The summed E-state index contributed by atoms with van der Waals surface area (Å²) in [7, 11) is 1.32. The predicted molar refractivity (Wildman–Crippen MR) is 99.9 cm³/mol. The third-order valence-corrected chi connectivity index (χ3v) is 3.30. The Labute approximate surface area is 158 Å². The van der Waals surface area contributed by atoms with Crippen LogP contribution in [0.15, 0.2) is 36.4 Å². The first-order valence-electron chi connectivity index (χ1n) is 8.47. The van der Waals surface area contributed by atoms with E-state index in [-0.39, 0.29) is 6.54 Å². The maximum absolute atomic E-state index is 11.8. The molecule has 0 unspecified atom stereocenters. The lowest BCUT2D eigenvalue weighted by atomic mass is 10.2. The number of esters is 1. The second kappa shape index (κ2) is 8.53. The van der Waals surface area contributed by atoms with Crippen molar-refractivity contribution in [1.29, 1.82) is 0 Å². The smallest absolute Gasteiger partial charge is 0.407 e. The number of amides is 1. The van der Waals surface area contributed by atoms with Crippen LogP contribution in [0.1, 0.15) is 42.4 Å². The third-order valence-electron chi connectivity index (χ3n) is 3.30. The van der Waals surface area contributed by atoms with Crippen LogP contribution >= 0.6 is 0 Å². The van der Waals surface area contributed by atoms with E-state index in [9.17, 15) is 9.59 Å². The third kappa shape index (κ3) is 6.62. The van der Waals surface area contributed by atoms with Crippen molar-refractivity contribution in [2.75, 3.05) is 7.11 Å². The summed E-state index contributed by atoms with van der Waals surface area (Å²) in [5.74, 6) is 0.375. The molecule has 0 aliphatic heterocycles. The molecule has 0 spiro atoms.